The minimum atomic E-state index is -0.672. The van der Waals surface area contributed by atoms with Crippen LogP contribution in [0.3, 0.4) is 0 Å². The average Bonchev–Trinajstić information content (AvgIpc) is 2.47. The highest BCUT2D eigenvalue weighted by molar-refractivity contribution is 6.32. The van der Waals surface area contributed by atoms with Crippen LogP contribution in [0, 0.1) is 0 Å². The minimum absolute atomic E-state index is 0.506. The lowest BCUT2D eigenvalue weighted by Gasteiger charge is -2.13. The predicted molar refractivity (Wildman–Crippen MR) is 82.5 cm³/mol. The highest BCUT2D eigenvalue weighted by atomic mass is 35.5. The van der Waals surface area contributed by atoms with E-state index in [1.54, 1.807) is 19.2 Å². The van der Waals surface area contributed by atoms with Gasteiger partial charge in [0.05, 0.1) is 12.1 Å². The first kappa shape index (κ1) is 14.9. The van der Waals surface area contributed by atoms with Crippen molar-refractivity contribution < 1.29 is 9.84 Å². The van der Waals surface area contributed by atoms with Crippen molar-refractivity contribution in [2.24, 2.45) is 0 Å². The topological polar surface area (TPSA) is 29.5 Å². The highest BCUT2D eigenvalue weighted by Crippen LogP contribution is 2.30. The molecule has 0 heterocycles. The molecular weight excluding hydrogens is 272 g/mol. The first-order chi connectivity index (χ1) is 9.65. The summed E-state index contributed by atoms with van der Waals surface area (Å²) >= 11 is 6.09. The maximum absolute atomic E-state index is 10.4. The summed E-state index contributed by atoms with van der Waals surface area (Å²) in [6.45, 7) is 2.15. The Kier molecular flexibility index (Phi) is 5.05. The molecule has 0 aromatic heterocycles. The zero-order valence-corrected chi connectivity index (χ0v) is 12.5. The Balaban J connectivity index is 2.21. The maximum Gasteiger partial charge on any atom is 0.137 e. The second-order valence-corrected chi connectivity index (χ2v) is 5.20. The highest BCUT2D eigenvalue weighted by Gasteiger charge is 2.12. The fourth-order valence-electron chi connectivity index (χ4n) is 2.20. The van der Waals surface area contributed by atoms with Crippen molar-refractivity contribution in [2.75, 3.05) is 7.11 Å². The summed E-state index contributed by atoms with van der Waals surface area (Å²) < 4.78 is 5.11. The van der Waals surface area contributed by atoms with E-state index in [4.69, 9.17) is 16.3 Å². The molecule has 0 aliphatic carbocycles. The molecule has 1 atom stereocenters. The Morgan fingerprint density at radius 3 is 2.30 bits per heavy atom. The van der Waals surface area contributed by atoms with Crippen LogP contribution in [0.15, 0.2) is 42.5 Å². The van der Waals surface area contributed by atoms with Gasteiger partial charge in [0.15, 0.2) is 0 Å². The molecule has 2 aromatic rings. The van der Waals surface area contributed by atoms with Crippen LogP contribution in [0.5, 0.6) is 5.75 Å². The molecule has 1 unspecified atom stereocenters. The van der Waals surface area contributed by atoms with Crippen LogP contribution in [0.1, 0.15) is 36.1 Å². The van der Waals surface area contributed by atoms with Gasteiger partial charge >= 0.3 is 0 Å². The Morgan fingerprint density at radius 1 is 1.10 bits per heavy atom. The number of ether oxygens (including phenoxy) is 1. The first-order valence-electron chi connectivity index (χ1n) is 6.76. The standard InChI is InChI=1S/C17H19ClO2/c1-3-4-12-5-7-13(8-6-12)17(19)14-9-10-16(20-2)15(18)11-14/h5-11,17,19H,3-4H2,1-2H3. The number of methoxy groups -OCH3 is 1. The van der Waals surface area contributed by atoms with Gasteiger partial charge < -0.3 is 9.84 Å². The molecule has 106 valence electrons. The molecule has 0 aliphatic heterocycles. The molecule has 0 amide bonds. The number of hydrogen-bond donors (Lipinski definition) is 1. The van der Waals surface area contributed by atoms with E-state index in [0.29, 0.717) is 10.8 Å². The van der Waals surface area contributed by atoms with Crippen LogP contribution >= 0.6 is 11.6 Å². The van der Waals surface area contributed by atoms with E-state index < -0.39 is 6.10 Å². The molecule has 0 saturated heterocycles. The van der Waals surface area contributed by atoms with Gasteiger partial charge in [-0.15, -0.1) is 0 Å². The summed E-state index contributed by atoms with van der Waals surface area (Å²) in [6.07, 6.45) is 1.51. The lowest BCUT2D eigenvalue weighted by molar-refractivity contribution is 0.220. The van der Waals surface area contributed by atoms with E-state index in [1.807, 2.05) is 18.2 Å². The van der Waals surface area contributed by atoms with Crippen LogP contribution in [-0.4, -0.2) is 12.2 Å². The van der Waals surface area contributed by atoms with Crippen LogP contribution in [-0.2, 0) is 6.42 Å². The lowest BCUT2D eigenvalue weighted by Crippen LogP contribution is -2.00. The van der Waals surface area contributed by atoms with E-state index >= 15 is 0 Å². The van der Waals surface area contributed by atoms with Crippen LogP contribution in [0.4, 0.5) is 0 Å². The normalized spacial score (nSPS) is 12.2. The largest absolute Gasteiger partial charge is 0.495 e. The van der Waals surface area contributed by atoms with Crippen LogP contribution in [0.25, 0.3) is 0 Å². The molecule has 3 heteroatoms. The summed E-state index contributed by atoms with van der Waals surface area (Å²) in [5.41, 5.74) is 2.92. The number of aliphatic hydroxyl groups excluding tert-OH is 1. The zero-order chi connectivity index (χ0) is 14.5. The van der Waals surface area contributed by atoms with Crippen molar-refractivity contribution in [1.29, 1.82) is 0 Å². The number of hydrogen-bond acceptors (Lipinski definition) is 2. The monoisotopic (exact) mass is 290 g/mol. The molecule has 2 rings (SSSR count). The van der Waals surface area contributed by atoms with E-state index in [1.165, 1.54) is 5.56 Å². The second-order valence-electron chi connectivity index (χ2n) is 4.79. The molecule has 1 N–H and O–H groups in total. The van der Waals surface area contributed by atoms with E-state index in [9.17, 15) is 5.11 Å². The van der Waals surface area contributed by atoms with Crippen LogP contribution in [0.2, 0.25) is 5.02 Å². The Hall–Kier alpha value is -1.51. The lowest BCUT2D eigenvalue weighted by atomic mass is 9.99. The molecule has 0 spiro atoms. The molecule has 0 bridgehead atoms. The third-order valence-electron chi connectivity index (χ3n) is 3.33. The van der Waals surface area contributed by atoms with Gasteiger partial charge in [-0.1, -0.05) is 55.3 Å². The molecule has 2 nitrogen and oxygen atoms in total. The van der Waals surface area contributed by atoms with Crippen molar-refractivity contribution in [2.45, 2.75) is 25.9 Å². The molecule has 0 radical (unpaired) electrons. The summed E-state index contributed by atoms with van der Waals surface area (Å²) in [5.74, 6) is 0.612. The van der Waals surface area contributed by atoms with E-state index in [0.717, 1.165) is 24.0 Å². The van der Waals surface area contributed by atoms with Gasteiger partial charge in [-0.05, 0) is 35.2 Å². The first-order valence-corrected chi connectivity index (χ1v) is 7.13. The molecule has 2 aromatic carbocycles. The SMILES string of the molecule is CCCc1ccc(C(O)c2ccc(OC)c(Cl)c2)cc1. The molecule has 0 fully saturated rings. The Labute approximate surface area is 125 Å². The number of benzene rings is 2. The third kappa shape index (κ3) is 3.33. The van der Waals surface area contributed by atoms with Gasteiger partial charge in [-0.3, -0.25) is 0 Å². The number of halogens is 1. The van der Waals surface area contributed by atoms with Gasteiger partial charge in [-0.2, -0.15) is 0 Å². The van der Waals surface area contributed by atoms with Crippen molar-refractivity contribution in [1.82, 2.24) is 0 Å². The summed E-state index contributed by atoms with van der Waals surface area (Å²) in [7, 11) is 1.57. The van der Waals surface area contributed by atoms with E-state index in [-0.39, 0.29) is 0 Å². The van der Waals surface area contributed by atoms with Gasteiger partial charge in [-0.25, -0.2) is 0 Å². The quantitative estimate of drug-likeness (QED) is 0.885. The Bertz CT molecular complexity index is 564. The van der Waals surface area contributed by atoms with Gasteiger partial charge in [0.2, 0.25) is 0 Å². The predicted octanol–water partition coefficient (Wildman–Crippen LogP) is 4.38. The summed E-state index contributed by atoms with van der Waals surface area (Å²) in [4.78, 5) is 0. The smallest absolute Gasteiger partial charge is 0.137 e. The third-order valence-corrected chi connectivity index (χ3v) is 3.62. The Morgan fingerprint density at radius 2 is 1.75 bits per heavy atom. The number of rotatable bonds is 5. The van der Waals surface area contributed by atoms with Crippen molar-refractivity contribution in [3.05, 3.63) is 64.2 Å². The minimum Gasteiger partial charge on any atom is -0.495 e. The van der Waals surface area contributed by atoms with Crippen molar-refractivity contribution in [3.63, 3.8) is 0 Å². The van der Waals surface area contributed by atoms with E-state index in [2.05, 4.69) is 19.1 Å². The fraction of sp³-hybridized carbons (Fsp3) is 0.294. The fourth-order valence-corrected chi connectivity index (χ4v) is 2.47. The zero-order valence-electron chi connectivity index (χ0n) is 11.8. The van der Waals surface area contributed by atoms with Gasteiger partial charge in [0.1, 0.15) is 11.9 Å². The number of aryl methyl sites for hydroxylation is 1. The van der Waals surface area contributed by atoms with Crippen molar-refractivity contribution in [3.8, 4) is 5.75 Å². The average molecular weight is 291 g/mol. The molecular formula is C17H19ClO2. The number of aliphatic hydroxyl groups is 1. The van der Waals surface area contributed by atoms with Gasteiger partial charge in [0.25, 0.3) is 0 Å². The second kappa shape index (κ2) is 6.78. The van der Waals surface area contributed by atoms with Crippen LogP contribution < -0.4 is 4.74 Å². The molecule has 0 aliphatic rings. The molecule has 0 saturated carbocycles. The maximum atomic E-state index is 10.4. The summed E-state index contributed by atoms with van der Waals surface area (Å²) in [6, 6.07) is 13.4. The van der Waals surface area contributed by atoms with Crippen molar-refractivity contribution >= 4 is 11.6 Å². The molecule has 20 heavy (non-hydrogen) atoms. The summed E-state index contributed by atoms with van der Waals surface area (Å²) in [5, 5.41) is 10.9. The van der Waals surface area contributed by atoms with Gasteiger partial charge in [0, 0.05) is 0 Å².